The van der Waals surface area contributed by atoms with Gasteiger partial charge < -0.3 is 37.6 Å². The number of carboxylic acids is 1. The van der Waals surface area contributed by atoms with Crippen LogP contribution in [0.3, 0.4) is 0 Å². The Kier molecular flexibility index (Phi) is 10.2. The summed E-state index contributed by atoms with van der Waals surface area (Å²) >= 11 is 3.84. The Morgan fingerprint density at radius 3 is 1.96 bits per heavy atom. The van der Waals surface area contributed by atoms with E-state index in [9.17, 15) is 24.0 Å². The van der Waals surface area contributed by atoms with Crippen LogP contribution in [0.2, 0.25) is 0 Å². The van der Waals surface area contributed by atoms with Crippen LogP contribution in [0.5, 0.6) is 0 Å². The minimum absolute atomic E-state index is 0.00666. The Bertz CT molecular complexity index is 559. The van der Waals surface area contributed by atoms with E-state index in [-0.39, 0.29) is 5.75 Å². The maximum Gasteiger partial charge on any atom is 0.328 e. The lowest BCUT2D eigenvalue weighted by molar-refractivity contribution is -0.143. The predicted octanol–water partition coefficient (Wildman–Crippen LogP) is -4.33. The molecule has 4 atom stereocenters. The first-order chi connectivity index (χ1) is 12.0. The van der Waals surface area contributed by atoms with Crippen molar-refractivity contribution in [1.82, 2.24) is 16.0 Å². The standard InChI is InChI=1S/C13H23N5O7S/c1-5(10(21)18-8(3-19)13(24)25)16-12(23)7(2-9(15)20)17-11(22)6(14)4-26/h5-8,19,26H,2-4,14H2,1H3,(H2,15,20)(H,16,23)(H,17,22)(H,18,21)(H,24,25). The van der Waals surface area contributed by atoms with Crippen molar-refractivity contribution in [3.63, 3.8) is 0 Å². The van der Waals surface area contributed by atoms with Crippen LogP contribution in [-0.4, -0.2) is 76.3 Å². The third-order valence-electron chi connectivity index (χ3n) is 3.12. The molecule has 0 aromatic carbocycles. The van der Waals surface area contributed by atoms with Crippen molar-refractivity contribution in [2.45, 2.75) is 37.5 Å². The summed E-state index contributed by atoms with van der Waals surface area (Å²) in [6.07, 6.45) is -0.542. The molecule has 0 spiro atoms. The van der Waals surface area contributed by atoms with Gasteiger partial charge in [0.05, 0.1) is 19.1 Å². The average molecular weight is 393 g/mol. The number of amides is 4. The molecule has 0 saturated heterocycles. The molecule has 4 amide bonds. The Morgan fingerprint density at radius 1 is 1.00 bits per heavy atom. The van der Waals surface area contributed by atoms with Crippen LogP contribution in [-0.2, 0) is 24.0 Å². The molecule has 0 fully saturated rings. The van der Waals surface area contributed by atoms with E-state index in [1.807, 2.05) is 5.32 Å². The Hall–Kier alpha value is -2.38. The molecule has 0 aliphatic rings. The lowest BCUT2D eigenvalue weighted by atomic mass is 10.1. The lowest BCUT2D eigenvalue weighted by Gasteiger charge is -2.22. The van der Waals surface area contributed by atoms with Gasteiger partial charge in [-0.15, -0.1) is 0 Å². The number of nitrogens with one attached hydrogen (secondary N) is 3. The number of nitrogens with two attached hydrogens (primary N) is 2. The van der Waals surface area contributed by atoms with Crippen LogP contribution in [0.4, 0.5) is 0 Å². The van der Waals surface area contributed by atoms with Crippen molar-refractivity contribution in [2.75, 3.05) is 12.4 Å². The molecule has 0 aromatic heterocycles. The second-order valence-corrected chi connectivity index (χ2v) is 5.70. The highest BCUT2D eigenvalue weighted by atomic mass is 32.1. The zero-order chi connectivity index (χ0) is 20.4. The molecule has 9 N–H and O–H groups in total. The average Bonchev–Trinajstić information content (AvgIpc) is 2.56. The van der Waals surface area contributed by atoms with Gasteiger partial charge in [-0.25, -0.2) is 4.79 Å². The Morgan fingerprint density at radius 2 is 1.54 bits per heavy atom. The number of carbonyl (C=O) groups excluding carboxylic acids is 4. The number of primary amides is 1. The minimum atomic E-state index is -1.55. The number of carbonyl (C=O) groups is 5. The highest BCUT2D eigenvalue weighted by Crippen LogP contribution is 1.97. The molecule has 148 valence electrons. The molecular weight excluding hydrogens is 370 g/mol. The highest BCUT2D eigenvalue weighted by molar-refractivity contribution is 7.80. The maximum atomic E-state index is 12.2. The number of carboxylic acid groups (broad SMARTS) is 1. The maximum absolute atomic E-state index is 12.2. The molecule has 4 unspecified atom stereocenters. The largest absolute Gasteiger partial charge is 0.480 e. The van der Waals surface area contributed by atoms with Crippen LogP contribution in [0.1, 0.15) is 13.3 Å². The van der Waals surface area contributed by atoms with E-state index in [1.165, 1.54) is 6.92 Å². The molecule has 12 nitrogen and oxygen atoms in total. The summed E-state index contributed by atoms with van der Waals surface area (Å²) in [5, 5.41) is 24.1. The van der Waals surface area contributed by atoms with E-state index in [0.717, 1.165) is 0 Å². The Labute approximate surface area is 154 Å². The van der Waals surface area contributed by atoms with Crippen molar-refractivity contribution in [3.8, 4) is 0 Å². The fourth-order valence-corrected chi connectivity index (χ4v) is 1.80. The highest BCUT2D eigenvalue weighted by Gasteiger charge is 2.28. The van der Waals surface area contributed by atoms with Crippen molar-refractivity contribution in [3.05, 3.63) is 0 Å². The molecule has 0 aliphatic carbocycles. The quantitative estimate of drug-likeness (QED) is 0.160. The van der Waals surface area contributed by atoms with E-state index < -0.39 is 66.8 Å². The van der Waals surface area contributed by atoms with Crippen molar-refractivity contribution < 1.29 is 34.2 Å². The number of aliphatic hydroxyl groups excluding tert-OH is 1. The summed E-state index contributed by atoms with van der Waals surface area (Å²) in [4.78, 5) is 57.7. The summed E-state index contributed by atoms with van der Waals surface area (Å²) in [7, 11) is 0. The second kappa shape index (κ2) is 11.3. The number of thiol groups is 1. The second-order valence-electron chi connectivity index (χ2n) is 5.33. The SMILES string of the molecule is CC(NC(=O)C(CC(N)=O)NC(=O)C(N)CS)C(=O)NC(CO)C(=O)O. The summed E-state index contributed by atoms with van der Waals surface area (Å²) in [6.45, 7) is 0.399. The van der Waals surface area contributed by atoms with Crippen molar-refractivity contribution >= 4 is 42.2 Å². The lowest BCUT2D eigenvalue weighted by Crippen LogP contribution is -2.57. The van der Waals surface area contributed by atoms with Crippen LogP contribution in [0.25, 0.3) is 0 Å². The first-order valence-corrected chi connectivity index (χ1v) is 8.06. The fraction of sp³-hybridized carbons (Fsp3) is 0.615. The molecule has 0 radical (unpaired) electrons. The van der Waals surface area contributed by atoms with Gasteiger partial charge >= 0.3 is 5.97 Å². The Balaban J connectivity index is 4.95. The smallest absolute Gasteiger partial charge is 0.328 e. The van der Waals surface area contributed by atoms with Crippen LogP contribution in [0, 0.1) is 0 Å². The third-order valence-corrected chi connectivity index (χ3v) is 3.51. The van der Waals surface area contributed by atoms with Gasteiger partial charge in [0.15, 0.2) is 0 Å². The van der Waals surface area contributed by atoms with E-state index in [2.05, 4.69) is 23.3 Å². The fourth-order valence-electron chi connectivity index (χ4n) is 1.63. The van der Waals surface area contributed by atoms with Crippen LogP contribution >= 0.6 is 12.6 Å². The van der Waals surface area contributed by atoms with Gasteiger partial charge in [0.1, 0.15) is 18.1 Å². The molecule has 0 aliphatic heterocycles. The molecule has 0 aromatic rings. The topological polar surface area (TPSA) is 214 Å². The summed E-state index contributed by atoms with van der Waals surface area (Å²) in [5.41, 5.74) is 10.5. The zero-order valence-corrected chi connectivity index (χ0v) is 14.9. The molecule has 0 heterocycles. The van der Waals surface area contributed by atoms with Gasteiger partial charge in [-0.1, -0.05) is 0 Å². The van der Waals surface area contributed by atoms with Gasteiger partial charge in [0.25, 0.3) is 0 Å². The number of rotatable bonds is 11. The third kappa shape index (κ3) is 8.13. The van der Waals surface area contributed by atoms with Gasteiger partial charge in [0, 0.05) is 5.75 Å². The summed E-state index contributed by atoms with van der Waals surface area (Å²) < 4.78 is 0. The molecule has 13 heteroatoms. The molecule has 0 rings (SSSR count). The van der Waals surface area contributed by atoms with Crippen molar-refractivity contribution in [2.24, 2.45) is 11.5 Å². The van der Waals surface area contributed by atoms with Gasteiger partial charge in [-0.05, 0) is 6.92 Å². The molecule has 26 heavy (non-hydrogen) atoms. The van der Waals surface area contributed by atoms with E-state index in [1.54, 1.807) is 0 Å². The van der Waals surface area contributed by atoms with Crippen LogP contribution < -0.4 is 27.4 Å². The zero-order valence-electron chi connectivity index (χ0n) is 14.0. The molecule has 0 bridgehead atoms. The van der Waals surface area contributed by atoms with Crippen LogP contribution in [0.15, 0.2) is 0 Å². The molecule has 0 saturated carbocycles. The number of aliphatic hydroxyl groups is 1. The van der Waals surface area contributed by atoms with Gasteiger partial charge in [0.2, 0.25) is 23.6 Å². The first-order valence-electron chi connectivity index (χ1n) is 7.43. The predicted molar refractivity (Wildman–Crippen MR) is 91.8 cm³/mol. The molecular formula is C13H23N5O7S. The normalized spacial score (nSPS) is 15.1. The van der Waals surface area contributed by atoms with E-state index >= 15 is 0 Å². The number of aliphatic carboxylic acids is 1. The monoisotopic (exact) mass is 393 g/mol. The summed E-state index contributed by atoms with van der Waals surface area (Å²) in [6, 6.07) is -5.17. The summed E-state index contributed by atoms with van der Waals surface area (Å²) in [5.74, 6) is -4.89. The van der Waals surface area contributed by atoms with E-state index in [4.69, 9.17) is 21.7 Å². The van der Waals surface area contributed by atoms with E-state index in [0.29, 0.717) is 0 Å². The van der Waals surface area contributed by atoms with Gasteiger partial charge in [-0.3, -0.25) is 19.2 Å². The van der Waals surface area contributed by atoms with Crippen molar-refractivity contribution in [1.29, 1.82) is 0 Å². The number of hydrogen-bond acceptors (Lipinski definition) is 8. The first kappa shape index (κ1) is 23.6. The van der Waals surface area contributed by atoms with Gasteiger partial charge in [-0.2, -0.15) is 12.6 Å². The number of hydrogen-bond donors (Lipinski definition) is 8. The minimum Gasteiger partial charge on any atom is -0.480 e.